The van der Waals surface area contributed by atoms with Crippen LogP contribution in [0.3, 0.4) is 0 Å². The topological polar surface area (TPSA) is 126 Å². The molecule has 11 heteroatoms. The van der Waals surface area contributed by atoms with Crippen LogP contribution in [0.5, 0.6) is 11.5 Å². The zero-order valence-electron chi connectivity index (χ0n) is 20.6. The van der Waals surface area contributed by atoms with Crippen molar-refractivity contribution in [2.24, 2.45) is 5.73 Å². The number of amides is 3. The number of hydrogen-bond donors (Lipinski definition) is 3. The second-order valence-corrected chi connectivity index (χ2v) is 9.09. The molecule has 0 aliphatic carbocycles. The summed E-state index contributed by atoms with van der Waals surface area (Å²) >= 11 is 3.39. The van der Waals surface area contributed by atoms with E-state index in [1.807, 2.05) is 18.2 Å². The molecule has 0 bridgehead atoms. The van der Waals surface area contributed by atoms with Crippen LogP contribution in [0.1, 0.15) is 5.56 Å². The van der Waals surface area contributed by atoms with Crippen LogP contribution in [0, 0.1) is 0 Å². The molecular weight excluding hydrogens is 530 g/mol. The van der Waals surface area contributed by atoms with Crippen LogP contribution in [0.2, 0.25) is 0 Å². The van der Waals surface area contributed by atoms with Crippen molar-refractivity contribution in [2.75, 3.05) is 51.2 Å². The fourth-order valence-corrected chi connectivity index (χ4v) is 4.03. The number of fused-ring (bicyclic) bond motifs is 2. The van der Waals surface area contributed by atoms with E-state index in [2.05, 4.69) is 26.6 Å². The van der Waals surface area contributed by atoms with E-state index < -0.39 is 5.91 Å². The number of nitrogens with one attached hydrogen (secondary N) is 2. The molecule has 3 amide bonds. The van der Waals surface area contributed by atoms with E-state index in [0.717, 1.165) is 21.5 Å². The lowest BCUT2D eigenvalue weighted by Crippen LogP contribution is -2.45. The lowest BCUT2D eigenvalue weighted by molar-refractivity contribution is -0.121. The standard InChI is InChI=1S/C14H17N3O3.C11H13BrN2O2/c1-16-10-8-20-12-5-3-9(4-6-13(15)18)7-11(12)17(2)14(10)19;1-13-8-6-16-10-4-3-7(12)5-9(10)14(2)11(8)15/h3-7,10,16H,8H2,1-2H3,(H2,15,18);3-5,8,13H,6H2,1-2H3/b6-4+;. The molecule has 0 saturated heterocycles. The number of rotatable bonds is 4. The molecule has 2 atom stereocenters. The number of anilines is 2. The molecule has 2 aromatic rings. The zero-order valence-corrected chi connectivity index (χ0v) is 22.2. The highest BCUT2D eigenvalue weighted by Gasteiger charge is 2.29. The van der Waals surface area contributed by atoms with E-state index in [4.69, 9.17) is 15.2 Å². The fourth-order valence-electron chi connectivity index (χ4n) is 3.68. The minimum absolute atomic E-state index is 0.0133. The van der Waals surface area contributed by atoms with Crippen molar-refractivity contribution in [1.82, 2.24) is 10.6 Å². The van der Waals surface area contributed by atoms with Crippen molar-refractivity contribution in [3.63, 3.8) is 0 Å². The third kappa shape index (κ3) is 6.23. The molecule has 2 aliphatic heterocycles. The number of carbonyl (C=O) groups excluding carboxylic acids is 3. The lowest BCUT2D eigenvalue weighted by atomic mass is 10.1. The molecule has 4 N–H and O–H groups in total. The van der Waals surface area contributed by atoms with Gasteiger partial charge >= 0.3 is 0 Å². The van der Waals surface area contributed by atoms with E-state index >= 15 is 0 Å². The maximum absolute atomic E-state index is 12.2. The van der Waals surface area contributed by atoms with Crippen molar-refractivity contribution in [2.45, 2.75) is 12.1 Å². The molecule has 2 heterocycles. The molecular formula is C25H30BrN5O5. The SMILES string of the molecule is CNC1COc2ccc(/C=C/C(N)=O)cc2N(C)C1=O.CNC1COc2ccc(Br)cc2N(C)C1=O. The third-order valence-electron chi connectivity index (χ3n) is 5.83. The molecule has 192 valence electrons. The van der Waals surface area contributed by atoms with Crippen molar-refractivity contribution in [3.8, 4) is 11.5 Å². The molecule has 2 unspecified atom stereocenters. The van der Waals surface area contributed by atoms with Crippen LogP contribution in [0.4, 0.5) is 11.4 Å². The van der Waals surface area contributed by atoms with Gasteiger partial charge in [-0.3, -0.25) is 14.4 Å². The first-order valence-corrected chi connectivity index (χ1v) is 12.0. The van der Waals surface area contributed by atoms with Gasteiger partial charge in [0, 0.05) is 24.6 Å². The summed E-state index contributed by atoms with van der Waals surface area (Å²) in [6.45, 7) is 0.636. The van der Waals surface area contributed by atoms with Gasteiger partial charge in [-0.05, 0) is 56.1 Å². The molecule has 2 aromatic carbocycles. The zero-order chi connectivity index (χ0) is 26.4. The summed E-state index contributed by atoms with van der Waals surface area (Å²) in [7, 11) is 6.93. The lowest BCUT2D eigenvalue weighted by Gasteiger charge is -2.19. The summed E-state index contributed by atoms with van der Waals surface area (Å²) < 4.78 is 12.2. The van der Waals surface area contributed by atoms with Gasteiger partial charge in [0.15, 0.2) is 0 Å². The number of ether oxygens (including phenoxy) is 2. The summed E-state index contributed by atoms with van der Waals surface area (Å²) in [6, 6.07) is 10.3. The smallest absolute Gasteiger partial charge is 0.247 e. The Morgan fingerprint density at radius 3 is 1.94 bits per heavy atom. The number of likely N-dealkylation sites (N-methyl/N-ethyl adjacent to an activating group) is 4. The first-order valence-electron chi connectivity index (χ1n) is 11.2. The number of hydrogen-bond acceptors (Lipinski definition) is 7. The van der Waals surface area contributed by atoms with Crippen LogP contribution in [0.15, 0.2) is 46.9 Å². The highest BCUT2D eigenvalue weighted by Crippen LogP contribution is 2.33. The Hall–Kier alpha value is -3.41. The maximum atomic E-state index is 12.2. The minimum Gasteiger partial charge on any atom is -0.489 e. The Morgan fingerprint density at radius 2 is 1.44 bits per heavy atom. The first-order chi connectivity index (χ1) is 17.2. The average molecular weight is 560 g/mol. The van der Waals surface area contributed by atoms with E-state index in [9.17, 15) is 14.4 Å². The van der Waals surface area contributed by atoms with Crippen LogP contribution in [0.25, 0.3) is 6.08 Å². The number of nitrogens with zero attached hydrogens (tertiary/aromatic N) is 2. The van der Waals surface area contributed by atoms with Crippen LogP contribution in [-0.4, -0.2) is 71.2 Å². The first kappa shape index (κ1) is 27.2. The van der Waals surface area contributed by atoms with Gasteiger partial charge in [0.1, 0.15) is 36.8 Å². The summed E-state index contributed by atoms with van der Waals surface area (Å²) in [4.78, 5) is 38.1. The predicted molar refractivity (Wildman–Crippen MR) is 142 cm³/mol. The number of benzene rings is 2. The number of nitrogens with two attached hydrogens (primary N) is 1. The van der Waals surface area contributed by atoms with Gasteiger partial charge < -0.3 is 35.6 Å². The highest BCUT2D eigenvalue weighted by atomic mass is 79.9. The van der Waals surface area contributed by atoms with Gasteiger partial charge in [-0.1, -0.05) is 22.0 Å². The van der Waals surface area contributed by atoms with E-state index in [0.29, 0.717) is 18.0 Å². The van der Waals surface area contributed by atoms with Crippen molar-refractivity contribution >= 4 is 51.1 Å². The second-order valence-electron chi connectivity index (χ2n) is 8.17. The molecule has 0 radical (unpaired) electrons. The molecule has 0 aromatic heterocycles. The molecule has 4 rings (SSSR count). The Kier molecular flexibility index (Phi) is 9.08. The van der Waals surface area contributed by atoms with Crippen molar-refractivity contribution in [1.29, 1.82) is 0 Å². The normalized spacial score (nSPS) is 19.2. The molecule has 0 saturated carbocycles. The summed E-state index contributed by atoms with van der Waals surface area (Å²) in [6.07, 6.45) is 2.87. The summed E-state index contributed by atoms with van der Waals surface area (Å²) in [5, 5.41) is 5.87. The molecule has 2 aliphatic rings. The van der Waals surface area contributed by atoms with E-state index in [-0.39, 0.29) is 30.5 Å². The van der Waals surface area contributed by atoms with Gasteiger partial charge in [0.2, 0.25) is 17.7 Å². The molecule has 0 fully saturated rings. The quantitative estimate of drug-likeness (QED) is 0.485. The van der Waals surface area contributed by atoms with Crippen molar-refractivity contribution in [3.05, 3.63) is 52.5 Å². The maximum Gasteiger partial charge on any atom is 0.247 e. The predicted octanol–water partition coefficient (Wildman–Crippen LogP) is 1.52. The van der Waals surface area contributed by atoms with Gasteiger partial charge in [0.05, 0.1) is 11.4 Å². The molecule has 0 spiro atoms. The minimum atomic E-state index is -0.518. The van der Waals surface area contributed by atoms with E-state index in [1.54, 1.807) is 62.3 Å². The fraction of sp³-hybridized carbons (Fsp3) is 0.320. The molecule has 10 nitrogen and oxygen atoms in total. The highest BCUT2D eigenvalue weighted by molar-refractivity contribution is 9.10. The largest absolute Gasteiger partial charge is 0.489 e. The van der Waals surface area contributed by atoms with Crippen LogP contribution < -0.4 is 35.6 Å². The van der Waals surface area contributed by atoms with Gasteiger partial charge in [0.25, 0.3) is 0 Å². The second kappa shape index (κ2) is 12.0. The van der Waals surface area contributed by atoms with Gasteiger partial charge in [-0.2, -0.15) is 0 Å². The summed E-state index contributed by atoms with van der Waals surface area (Å²) in [5.41, 5.74) is 7.29. The van der Waals surface area contributed by atoms with E-state index in [1.165, 1.54) is 6.08 Å². The van der Waals surface area contributed by atoms with Crippen LogP contribution in [-0.2, 0) is 14.4 Å². The third-order valence-corrected chi connectivity index (χ3v) is 6.33. The Balaban J connectivity index is 0.000000205. The number of halogens is 1. The number of primary amides is 1. The van der Waals surface area contributed by atoms with Crippen LogP contribution >= 0.6 is 15.9 Å². The summed E-state index contributed by atoms with van der Waals surface area (Å²) in [5.74, 6) is 0.795. The Labute approximate surface area is 218 Å². The van der Waals surface area contributed by atoms with Gasteiger partial charge in [-0.25, -0.2) is 0 Å². The average Bonchev–Trinajstić information content (AvgIpc) is 3.06. The Bertz CT molecular complexity index is 1170. The van der Waals surface area contributed by atoms with Crippen molar-refractivity contribution < 1.29 is 23.9 Å². The monoisotopic (exact) mass is 559 g/mol. The molecule has 36 heavy (non-hydrogen) atoms. The number of carbonyl (C=O) groups is 3. The Morgan fingerprint density at radius 1 is 0.944 bits per heavy atom. The van der Waals surface area contributed by atoms with Gasteiger partial charge in [-0.15, -0.1) is 0 Å².